The molecule has 1 aromatic carbocycles. The van der Waals surface area contributed by atoms with Gasteiger partial charge >= 0.3 is 0 Å². The SMILES string of the molecule is CCCOC(C)([O])c1ccccc1. The van der Waals surface area contributed by atoms with Crippen LogP contribution in [0.4, 0.5) is 0 Å². The van der Waals surface area contributed by atoms with E-state index in [0.717, 1.165) is 6.42 Å². The van der Waals surface area contributed by atoms with Gasteiger partial charge in [0.2, 0.25) is 5.79 Å². The average molecular weight is 179 g/mol. The standard InChI is InChI=1S/C11H15O2/c1-3-9-13-11(2,12)10-7-5-4-6-8-10/h4-8H,3,9H2,1-2H3. The van der Waals surface area contributed by atoms with Crippen molar-refractivity contribution < 1.29 is 9.84 Å². The second-order valence-corrected chi connectivity index (χ2v) is 3.16. The molecule has 2 heteroatoms. The largest absolute Gasteiger partial charge is 0.344 e. The predicted molar refractivity (Wildman–Crippen MR) is 50.7 cm³/mol. The maximum atomic E-state index is 11.8. The molecule has 0 heterocycles. The predicted octanol–water partition coefficient (Wildman–Crippen LogP) is 2.72. The lowest BCUT2D eigenvalue weighted by Crippen LogP contribution is -2.23. The fourth-order valence-electron chi connectivity index (χ4n) is 1.12. The molecule has 71 valence electrons. The van der Waals surface area contributed by atoms with Gasteiger partial charge < -0.3 is 4.74 Å². The Morgan fingerprint density at radius 2 is 1.92 bits per heavy atom. The van der Waals surface area contributed by atoms with Crippen molar-refractivity contribution in [3.05, 3.63) is 35.9 Å². The quantitative estimate of drug-likeness (QED) is 0.653. The molecule has 0 N–H and O–H groups in total. The Hall–Kier alpha value is -0.860. The summed E-state index contributed by atoms with van der Waals surface area (Å²) in [5.41, 5.74) is 0.684. The highest BCUT2D eigenvalue weighted by atomic mass is 16.6. The van der Waals surface area contributed by atoms with E-state index in [0.29, 0.717) is 12.2 Å². The summed E-state index contributed by atoms with van der Waals surface area (Å²) in [5, 5.41) is 11.8. The Labute approximate surface area is 79.2 Å². The normalized spacial score (nSPS) is 15.3. The van der Waals surface area contributed by atoms with Crippen molar-refractivity contribution in [2.45, 2.75) is 26.1 Å². The Kier molecular flexibility index (Phi) is 3.46. The number of rotatable bonds is 4. The van der Waals surface area contributed by atoms with E-state index >= 15 is 0 Å². The number of benzene rings is 1. The maximum Gasteiger partial charge on any atom is 0.225 e. The zero-order valence-corrected chi connectivity index (χ0v) is 8.12. The Morgan fingerprint density at radius 3 is 2.46 bits per heavy atom. The van der Waals surface area contributed by atoms with E-state index in [1.165, 1.54) is 0 Å². The lowest BCUT2D eigenvalue weighted by molar-refractivity contribution is -0.237. The highest BCUT2D eigenvalue weighted by molar-refractivity contribution is 5.18. The van der Waals surface area contributed by atoms with Crippen LogP contribution in [0.25, 0.3) is 0 Å². The van der Waals surface area contributed by atoms with Crippen molar-refractivity contribution in [3.8, 4) is 0 Å². The molecule has 0 aliphatic heterocycles. The molecule has 0 saturated heterocycles. The third-order valence-electron chi connectivity index (χ3n) is 1.88. The van der Waals surface area contributed by atoms with Crippen molar-refractivity contribution in [2.24, 2.45) is 0 Å². The van der Waals surface area contributed by atoms with Crippen molar-refractivity contribution in [1.82, 2.24) is 0 Å². The summed E-state index contributed by atoms with van der Waals surface area (Å²) in [6.07, 6.45) is 0.866. The second-order valence-electron chi connectivity index (χ2n) is 3.16. The van der Waals surface area contributed by atoms with Gasteiger partial charge in [0.25, 0.3) is 0 Å². The summed E-state index contributed by atoms with van der Waals surface area (Å²) in [4.78, 5) is 0. The van der Waals surface area contributed by atoms with E-state index in [1.54, 1.807) is 19.1 Å². The van der Waals surface area contributed by atoms with Gasteiger partial charge in [-0.2, -0.15) is 5.11 Å². The lowest BCUT2D eigenvalue weighted by atomic mass is 10.1. The van der Waals surface area contributed by atoms with E-state index in [2.05, 4.69) is 0 Å². The summed E-state index contributed by atoms with van der Waals surface area (Å²) >= 11 is 0. The van der Waals surface area contributed by atoms with Gasteiger partial charge in [0.05, 0.1) is 6.61 Å². The average Bonchev–Trinajstić information content (AvgIpc) is 2.16. The fraction of sp³-hybridized carbons (Fsp3) is 0.455. The topological polar surface area (TPSA) is 29.1 Å². The molecule has 0 bridgehead atoms. The summed E-state index contributed by atoms with van der Waals surface area (Å²) in [6, 6.07) is 9.17. The fourth-order valence-corrected chi connectivity index (χ4v) is 1.12. The van der Waals surface area contributed by atoms with Gasteiger partial charge in [-0.15, -0.1) is 0 Å². The maximum absolute atomic E-state index is 11.8. The minimum Gasteiger partial charge on any atom is -0.344 e. The zero-order valence-electron chi connectivity index (χ0n) is 8.12. The highest BCUT2D eigenvalue weighted by Crippen LogP contribution is 2.22. The molecule has 0 aromatic heterocycles. The molecule has 0 spiro atoms. The van der Waals surface area contributed by atoms with Crippen LogP contribution in [0.1, 0.15) is 25.8 Å². The molecule has 1 rings (SSSR count). The molecular formula is C11H15O2. The van der Waals surface area contributed by atoms with Gasteiger partial charge in [-0.1, -0.05) is 37.3 Å². The van der Waals surface area contributed by atoms with E-state index in [9.17, 15) is 5.11 Å². The number of hydrogen-bond acceptors (Lipinski definition) is 1. The first-order chi connectivity index (χ1) is 6.17. The number of hydrogen-bond donors (Lipinski definition) is 0. The van der Waals surface area contributed by atoms with Crippen molar-refractivity contribution >= 4 is 0 Å². The molecule has 1 atom stereocenters. The molecule has 0 aliphatic carbocycles. The summed E-state index contributed by atoms with van der Waals surface area (Å²) in [5.74, 6) is -1.41. The summed E-state index contributed by atoms with van der Waals surface area (Å²) in [7, 11) is 0. The third kappa shape index (κ3) is 2.83. The van der Waals surface area contributed by atoms with Crippen LogP contribution in [-0.2, 0) is 15.6 Å². The van der Waals surface area contributed by atoms with E-state index in [4.69, 9.17) is 4.74 Å². The van der Waals surface area contributed by atoms with Crippen LogP contribution in [-0.4, -0.2) is 6.61 Å². The lowest BCUT2D eigenvalue weighted by Gasteiger charge is -2.21. The van der Waals surface area contributed by atoms with Gasteiger partial charge in [0.15, 0.2) is 0 Å². The van der Waals surface area contributed by atoms with Gasteiger partial charge in [0.1, 0.15) is 0 Å². The summed E-state index contributed by atoms with van der Waals surface area (Å²) in [6.45, 7) is 4.05. The van der Waals surface area contributed by atoms with Crippen LogP contribution < -0.4 is 0 Å². The smallest absolute Gasteiger partial charge is 0.225 e. The van der Waals surface area contributed by atoms with Crippen molar-refractivity contribution in [2.75, 3.05) is 6.61 Å². The first-order valence-electron chi connectivity index (χ1n) is 4.56. The second kappa shape index (κ2) is 4.40. The molecular weight excluding hydrogens is 164 g/mol. The van der Waals surface area contributed by atoms with Crippen LogP contribution in [0.3, 0.4) is 0 Å². The van der Waals surface area contributed by atoms with E-state index < -0.39 is 5.79 Å². The van der Waals surface area contributed by atoms with Gasteiger partial charge in [-0.05, 0) is 13.3 Å². The van der Waals surface area contributed by atoms with Crippen molar-refractivity contribution in [1.29, 1.82) is 0 Å². The van der Waals surface area contributed by atoms with Gasteiger partial charge in [-0.25, -0.2) is 0 Å². The monoisotopic (exact) mass is 179 g/mol. The zero-order chi connectivity index (χ0) is 9.73. The van der Waals surface area contributed by atoms with E-state index in [1.807, 2.05) is 25.1 Å². The summed E-state index contributed by atoms with van der Waals surface area (Å²) < 4.78 is 5.21. The van der Waals surface area contributed by atoms with Crippen LogP contribution >= 0.6 is 0 Å². The molecule has 0 fully saturated rings. The molecule has 0 amide bonds. The molecule has 1 radical (unpaired) electrons. The van der Waals surface area contributed by atoms with Crippen LogP contribution in [0.15, 0.2) is 30.3 Å². The van der Waals surface area contributed by atoms with Crippen LogP contribution in [0.2, 0.25) is 0 Å². The molecule has 0 aliphatic rings. The highest BCUT2D eigenvalue weighted by Gasteiger charge is 2.25. The Bertz CT molecular complexity index is 242. The first kappa shape index (κ1) is 10.2. The van der Waals surface area contributed by atoms with Gasteiger partial charge in [0, 0.05) is 5.56 Å². The minimum atomic E-state index is -1.41. The first-order valence-corrected chi connectivity index (χ1v) is 4.56. The third-order valence-corrected chi connectivity index (χ3v) is 1.88. The Balaban J connectivity index is 2.69. The molecule has 13 heavy (non-hydrogen) atoms. The molecule has 0 saturated carbocycles. The minimum absolute atomic E-state index is 0.509. The number of ether oxygens (including phenoxy) is 1. The van der Waals surface area contributed by atoms with E-state index in [-0.39, 0.29) is 0 Å². The molecule has 1 aromatic rings. The van der Waals surface area contributed by atoms with Crippen LogP contribution in [0, 0.1) is 0 Å². The molecule has 2 nitrogen and oxygen atoms in total. The van der Waals surface area contributed by atoms with Crippen LogP contribution in [0.5, 0.6) is 0 Å². The Morgan fingerprint density at radius 1 is 1.31 bits per heavy atom. The van der Waals surface area contributed by atoms with Gasteiger partial charge in [-0.3, -0.25) is 0 Å². The molecule has 1 unspecified atom stereocenters. The van der Waals surface area contributed by atoms with Crippen molar-refractivity contribution in [3.63, 3.8) is 0 Å².